The Hall–Kier alpha value is -2.62. The first-order valence-electron chi connectivity index (χ1n) is 7.87. The molecule has 0 bridgehead atoms. The summed E-state index contributed by atoms with van der Waals surface area (Å²) < 4.78 is 8.35. The smallest absolute Gasteiger partial charge is 0.148 e. The molecule has 4 heteroatoms. The van der Waals surface area contributed by atoms with Crippen LogP contribution in [-0.2, 0) is 6.42 Å². The van der Waals surface area contributed by atoms with Gasteiger partial charge in [0.1, 0.15) is 29.2 Å². The van der Waals surface area contributed by atoms with Crippen molar-refractivity contribution >= 4 is 0 Å². The van der Waals surface area contributed by atoms with Gasteiger partial charge in [0.05, 0.1) is 0 Å². The molecule has 1 aliphatic rings. The van der Waals surface area contributed by atoms with Gasteiger partial charge in [-0.15, -0.1) is 0 Å². The minimum Gasteiger partial charge on any atom is -0.483 e. The summed E-state index contributed by atoms with van der Waals surface area (Å²) in [6.07, 6.45) is 0.652. The van der Waals surface area contributed by atoms with Gasteiger partial charge in [0.25, 0.3) is 0 Å². The van der Waals surface area contributed by atoms with Crippen molar-refractivity contribution in [3.63, 3.8) is 0 Å². The van der Waals surface area contributed by atoms with Crippen molar-refractivity contribution in [2.24, 2.45) is 0 Å². The maximum Gasteiger partial charge on any atom is 0.148 e. The molecule has 23 heavy (non-hydrogen) atoms. The van der Waals surface area contributed by atoms with E-state index in [4.69, 9.17) is 4.74 Å². The van der Waals surface area contributed by atoms with Crippen LogP contribution in [0.3, 0.4) is 0 Å². The van der Waals surface area contributed by atoms with Crippen LogP contribution in [0.5, 0.6) is 5.75 Å². The quantitative estimate of drug-likeness (QED) is 0.685. The van der Waals surface area contributed by atoms with Crippen molar-refractivity contribution in [2.45, 2.75) is 33.3 Å². The first-order chi connectivity index (χ1) is 11.1. The van der Waals surface area contributed by atoms with Crippen LogP contribution in [0.1, 0.15) is 34.4 Å². The molecule has 3 aromatic rings. The highest BCUT2D eigenvalue weighted by Gasteiger charge is 2.27. The monoisotopic (exact) mass is 305 g/mol. The molecule has 0 saturated carbocycles. The summed E-state index contributed by atoms with van der Waals surface area (Å²) in [6, 6.07) is 14.6. The third-order valence-electron chi connectivity index (χ3n) is 4.21. The van der Waals surface area contributed by atoms with Crippen LogP contribution in [0.25, 0.3) is 5.69 Å². The third-order valence-corrected chi connectivity index (χ3v) is 4.21. The number of fused-ring (bicyclic) bond motifs is 3. The Kier molecular flexibility index (Phi) is 3.18. The molecule has 1 aliphatic heterocycles. The van der Waals surface area contributed by atoms with Crippen molar-refractivity contribution in [2.75, 3.05) is 0 Å². The molecule has 0 radical (unpaired) electrons. The lowest BCUT2D eigenvalue weighted by Crippen LogP contribution is -2.11. The average Bonchev–Trinajstić information content (AvgIpc) is 2.82. The molecule has 1 atom stereocenters. The van der Waals surface area contributed by atoms with Gasteiger partial charge < -0.3 is 4.74 Å². The molecule has 4 rings (SSSR count). The van der Waals surface area contributed by atoms with Crippen molar-refractivity contribution in [3.05, 3.63) is 70.8 Å². The largest absolute Gasteiger partial charge is 0.483 e. The summed E-state index contributed by atoms with van der Waals surface area (Å²) in [4.78, 5) is 4.62. The van der Waals surface area contributed by atoms with Crippen LogP contribution >= 0.6 is 0 Å². The fraction of sp³-hybridized carbons (Fsp3) is 0.263. The molecular weight excluding hydrogens is 286 g/mol. The number of benzene rings is 2. The molecule has 116 valence electrons. The van der Waals surface area contributed by atoms with Crippen LogP contribution < -0.4 is 4.74 Å². The van der Waals surface area contributed by atoms with Crippen molar-refractivity contribution < 1.29 is 4.74 Å². The molecule has 4 nitrogen and oxygen atoms in total. The van der Waals surface area contributed by atoms with Gasteiger partial charge in [-0.25, -0.2) is 9.67 Å². The Morgan fingerprint density at radius 3 is 2.65 bits per heavy atom. The highest BCUT2D eigenvalue weighted by atomic mass is 16.5. The average molecular weight is 305 g/mol. The molecule has 1 aromatic heterocycles. The zero-order valence-electron chi connectivity index (χ0n) is 13.6. The van der Waals surface area contributed by atoms with E-state index in [-0.39, 0.29) is 6.10 Å². The number of rotatable bonds is 1. The molecule has 2 heterocycles. The summed E-state index contributed by atoms with van der Waals surface area (Å²) in [7, 11) is 0. The van der Waals surface area contributed by atoms with Crippen LogP contribution in [0, 0.1) is 20.8 Å². The fourth-order valence-electron chi connectivity index (χ4n) is 3.23. The minimum absolute atomic E-state index is 0.0544. The zero-order valence-corrected chi connectivity index (χ0v) is 13.6. The number of nitrogens with zero attached hydrogens (tertiary/aromatic N) is 3. The number of aryl methyl sites for hydroxylation is 3. The van der Waals surface area contributed by atoms with E-state index < -0.39 is 0 Å². The molecule has 0 amide bonds. The second-order valence-corrected chi connectivity index (χ2v) is 6.14. The van der Waals surface area contributed by atoms with E-state index in [1.165, 1.54) is 5.56 Å². The molecule has 0 saturated heterocycles. The third kappa shape index (κ3) is 2.40. The van der Waals surface area contributed by atoms with Crippen LogP contribution in [-0.4, -0.2) is 14.8 Å². The molecule has 2 aromatic carbocycles. The fourth-order valence-corrected chi connectivity index (χ4v) is 3.23. The van der Waals surface area contributed by atoms with E-state index in [1.807, 2.05) is 29.8 Å². The van der Waals surface area contributed by atoms with Crippen LogP contribution in [0.2, 0.25) is 0 Å². The minimum atomic E-state index is -0.0544. The van der Waals surface area contributed by atoms with E-state index in [0.29, 0.717) is 6.42 Å². The zero-order chi connectivity index (χ0) is 16.0. The van der Waals surface area contributed by atoms with Crippen LogP contribution in [0.4, 0.5) is 0 Å². The summed E-state index contributed by atoms with van der Waals surface area (Å²) in [5.41, 5.74) is 4.47. The van der Waals surface area contributed by atoms with E-state index >= 15 is 0 Å². The van der Waals surface area contributed by atoms with Gasteiger partial charge in [-0.2, -0.15) is 5.10 Å². The maximum absolute atomic E-state index is 6.41. The van der Waals surface area contributed by atoms with Gasteiger partial charge in [0.15, 0.2) is 0 Å². The normalized spacial score (nSPS) is 16.2. The van der Waals surface area contributed by atoms with E-state index in [1.54, 1.807) is 0 Å². The molecule has 0 aliphatic carbocycles. The Morgan fingerprint density at radius 2 is 1.87 bits per heavy atom. The van der Waals surface area contributed by atoms with Gasteiger partial charge in [-0.05, 0) is 43.5 Å². The molecule has 1 unspecified atom stereocenters. The predicted molar refractivity (Wildman–Crippen MR) is 89.1 cm³/mol. The number of hydrogen-bond donors (Lipinski definition) is 0. The van der Waals surface area contributed by atoms with Gasteiger partial charge in [0, 0.05) is 6.42 Å². The SMILES string of the molecule is Cc1cc(C)c2c(c1)-n1nc(C)nc1CC(c1ccccc1)O2. The van der Waals surface area contributed by atoms with E-state index in [2.05, 4.69) is 48.2 Å². The Balaban J connectivity index is 1.92. The first-order valence-corrected chi connectivity index (χ1v) is 7.87. The summed E-state index contributed by atoms with van der Waals surface area (Å²) in [5.74, 6) is 2.63. The van der Waals surface area contributed by atoms with E-state index in [0.717, 1.165) is 34.2 Å². The standard InChI is InChI=1S/C19H19N3O/c1-12-9-13(2)19-16(10-12)22-18(20-14(3)21-22)11-17(23-19)15-7-5-4-6-8-15/h4-10,17H,11H2,1-3H3. The van der Waals surface area contributed by atoms with Gasteiger partial charge in [-0.3, -0.25) is 0 Å². The van der Waals surface area contributed by atoms with Gasteiger partial charge in [0.2, 0.25) is 0 Å². The molecule has 0 fully saturated rings. The van der Waals surface area contributed by atoms with Crippen molar-refractivity contribution in [1.82, 2.24) is 14.8 Å². The Bertz CT molecular complexity index is 868. The van der Waals surface area contributed by atoms with Gasteiger partial charge in [-0.1, -0.05) is 36.4 Å². The lowest BCUT2D eigenvalue weighted by atomic mass is 10.1. The summed E-state index contributed by atoms with van der Waals surface area (Å²) >= 11 is 0. The van der Waals surface area contributed by atoms with Crippen molar-refractivity contribution in [3.8, 4) is 11.4 Å². The number of hydrogen-bond acceptors (Lipinski definition) is 3. The number of aromatic nitrogens is 3. The molecule has 0 spiro atoms. The molecule has 0 N–H and O–H groups in total. The molecular formula is C19H19N3O. The maximum atomic E-state index is 6.41. The summed E-state index contributed by atoms with van der Waals surface area (Å²) in [6.45, 7) is 6.11. The first kappa shape index (κ1) is 14.0. The predicted octanol–water partition coefficient (Wildman–Crippen LogP) is 3.87. The second-order valence-electron chi connectivity index (χ2n) is 6.14. The van der Waals surface area contributed by atoms with E-state index in [9.17, 15) is 0 Å². The van der Waals surface area contributed by atoms with Crippen LogP contribution in [0.15, 0.2) is 42.5 Å². The van der Waals surface area contributed by atoms with Crippen molar-refractivity contribution in [1.29, 1.82) is 0 Å². The Labute approximate surface area is 135 Å². The second kappa shape index (κ2) is 5.23. The lowest BCUT2D eigenvalue weighted by molar-refractivity contribution is 0.207. The summed E-state index contributed by atoms with van der Waals surface area (Å²) in [5, 5.41) is 4.59. The topological polar surface area (TPSA) is 39.9 Å². The van der Waals surface area contributed by atoms with Gasteiger partial charge >= 0.3 is 0 Å². The highest BCUT2D eigenvalue weighted by molar-refractivity contribution is 5.54. The highest BCUT2D eigenvalue weighted by Crippen LogP contribution is 2.37. The lowest BCUT2D eigenvalue weighted by Gasteiger charge is -2.19. The Morgan fingerprint density at radius 1 is 1.09 bits per heavy atom. The number of ether oxygens (including phenoxy) is 1.